The third-order valence-corrected chi connectivity index (χ3v) is 4.79. The molecular formula is C15H26N2O. The van der Waals surface area contributed by atoms with Gasteiger partial charge in [0.15, 0.2) is 0 Å². The van der Waals surface area contributed by atoms with Gasteiger partial charge in [0.2, 0.25) is 5.91 Å². The number of nitrogens with one attached hydrogen (secondary N) is 1. The maximum atomic E-state index is 11.8. The highest BCUT2D eigenvalue weighted by Crippen LogP contribution is 2.29. The molecule has 0 bridgehead atoms. The Morgan fingerprint density at radius 2 is 1.83 bits per heavy atom. The van der Waals surface area contributed by atoms with Crippen LogP contribution < -0.4 is 5.32 Å². The van der Waals surface area contributed by atoms with Crippen LogP contribution in [0.3, 0.4) is 0 Å². The molecule has 1 amide bonds. The molecule has 3 heteroatoms. The third kappa shape index (κ3) is 3.25. The zero-order valence-electron chi connectivity index (χ0n) is 11.4. The summed E-state index contributed by atoms with van der Waals surface area (Å²) in [4.78, 5) is 14.4. The number of piperidine rings is 1. The number of rotatable bonds is 4. The van der Waals surface area contributed by atoms with Gasteiger partial charge in [0.25, 0.3) is 0 Å². The van der Waals surface area contributed by atoms with Crippen molar-refractivity contribution in [1.29, 1.82) is 0 Å². The van der Waals surface area contributed by atoms with Gasteiger partial charge in [0.1, 0.15) is 0 Å². The molecule has 3 aliphatic rings. The van der Waals surface area contributed by atoms with Crippen LogP contribution in [-0.2, 0) is 4.79 Å². The summed E-state index contributed by atoms with van der Waals surface area (Å²) in [5, 5.41) is 3.26. The van der Waals surface area contributed by atoms with E-state index < -0.39 is 0 Å². The van der Waals surface area contributed by atoms with Crippen molar-refractivity contribution < 1.29 is 4.79 Å². The first kappa shape index (κ1) is 12.5. The van der Waals surface area contributed by atoms with E-state index in [1.165, 1.54) is 51.6 Å². The number of hydrogen-bond donors (Lipinski definition) is 1. The third-order valence-electron chi connectivity index (χ3n) is 4.79. The molecule has 1 N–H and O–H groups in total. The molecule has 1 unspecified atom stereocenters. The molecule has 1 heterocycles. The molecule has 3 rings (SSSR count). The van der Waals surface area contributed by atoms with Gasteiger partial charge in [-0.3, -0.25) is 4.79 Å². The van der Waals surface area contributed by atoms with Crippen LogP contribution in [0.4, 0.5) is 0 Å². The molecule has 0 radical (unpaired) electrons. The first-order valence-corrected chi connectivity index (χ1v) is 7.84. The monoisotopic (exact) mass is 250 g/mol. The average Bonchev–Trinajstić information content (AvgIpc) is 3.10. The van der Waals surface area contributed by atoms with Crippen LogP contribution in [0.1, 0.15) is 51.4 Å². The summed E-state index contributed by atoms with van der Waals surface area (Å²) in [6, 6.07) is 0.424. The van der Waals surface area contributed by atoms with E-state index in [0.717, 1.165) is 25.3 Å². The molecule has 0 aromatic rings. The fraction of sp³-hybridized carbons (Fsp3) is 0.933. The highest BCUT2D eigenvalue weighted by atomic mass is 16.2. The molecular weight excluding hydrogens is 224 g/mol. The molecule has 1 atom stereocenters. The maximum Gasteiger partial charge on any atom is 0.223 e. The van der Waals surface area contributed by atoms with E-state index in [4.69, 9.17) is 0 Å². The van der Waals surface area contributed by atoms with Crippen molar-refractivity contribution in [3.63, 3.8) is 0 Å². The summed E-state index contributed by atoms with van der Waals surface area (Å²) < 4.78 is 0. The molecule has 2 aliphatic carbocycles. The van der Waals surface area contributed by atoms with Gasteiger partial charge in [0, 0.05) is 25.0 Å². The lowest BCUT2D eigenvalue weighted by atomic mass is 10.0. The van der Waals surface area contributed by atoms with Crippen molar-refractivity contribution >= 4 is 5.91 Å². The molecule has 3 nitrogen and oxygen atoms in total. The zero-order valence-corrected chi connectivity index (χ0v) is 11.4. The molecule has 0 aromatic carbocycles. The molecule has 2 saturated carbocycles. The highest BCUT2D eigenvalue weighted by Gasteiger charge is 2.32. The van der Waals surface area contributed by atoms with Gasteiger partial charge in [-0.05, 0) is 51.0 Å². The van der Waals surface area contributed by atoms with Crippen molar-refractivity contribution in [3.8, 4) is 0 Å². The average molecular weight is 250 g/mol. The normalized spacial score (nSPS) is 30.6. The summed E-state index contributed by atoms with van der Waals surface area (Å²) in [5.74, 6) is 1.61. The van der Waals surface area contributed by atoms with Gasteiger partial charge in [-0.15, -0.1) is 0 Å². The van der Waals surface area contributed by atoms with Crippen molar-refractivity contribution in [1.82, 2.24) is 10.2 Å². The Hall–Kier alpha value is -0.570. The van der Waals surface area contributed by atoms with E-state index >= 15 is 0 Å². The summed E-state index contributed by atoms with van der Waals surface area (Å²) >= 11 is 0. The summed E-state index contributed by atoms with van der Waals surface area (Å²) in [6.45, 7) is 3.61. The largest absolute Gasteiger partial charge is 0.352 e. The van der Waals surface area contributed by atoms with Crippen LogP contribution in [0.5, 0.6) is 0 Å². The van der Waals surface area contributed by atoms with Crippen LogP contribution in [-0.4, -0.2) is 36.5 Å². The second kappa shape index (κ2) is 5.60. The van der Waals surface area contributed by atoms with E-state index in [0.29, 0.717) is 17.9 Å². The van der Waals surface area contributed by atoms with E-state index in [9.17, 15) is 4.79 Å². The number of nitrogens with zero attached hydrogens (tertiary/aromatic N) is 1. The minimum atomic E-state index is 0.322. The van der Waals surface area contributed by atoms with E-state index in [2.05, 4.69) is 10.2 Å². The van der Waals surface area contributed by atoms with E-state index in [1.54, 1.807) is 0 Å². The quantitative estimate of drug-likeness (QED) is 0.829. The second-order valence-corrected chi connectivity index (χ2v) is 6.53. The van der Waals surface area contributed by atoms with Gasteiger partial charge in [-0.25, -0.2) is 0 Å². The predicted octanol–water partition coefficient (Wildman–Crippen LogP) is 2.17. The van der Waals surface area contributed by atoms with Crippen LogP contribution in [0.15, 0.2) is 0 Å². The smallest absolute Gasteiger partial charge is 0.223 e. The minimum absolute atomic E-state index is 0.322. The number of carbonyl (C=O) groups is 1. The standard InChI is InChI=1S/C15H26N2O/c18-15(13-7-8-13)16-14-6-3-9-17(11-14)10-12-4-1-2-5-12/h12-14H,1-11H2,(H,16,18). The molecule has 3 fully saturated rings. The van der Waals surface area contributed by atoms with Crippen LogP contribution in [0, 0.1) is 11.8 Å². The Bertz CT molecular complexity index is 295. The summed E-state index contributed by atoms with van der Waals surface area (Å²) in [6.07, 6.45) is 10.4. The Morgan fingerprint density at radius 1 is 1.06 bits per heavy atom. The van der Waals surface area contributed by atoms with Crippen molar-refractivity contribution in [2.45, 2.75) is 57.4 Å². The van der Waals surface area contributed by atoms with Crippen molar-refractivity contribution in [2.75, 3.05) is 19.6 Å². The number of likely N-dealkylation sites (tertiary alicyclic amines) is 1. The minimum Gasteiger partial charge on any atom is -0.352 e. The van der Waals surface area contributed by atoms with Gasteiger partial charge in [-0.2, -0.15) is 0 Å². The molecule has 1 saturated heterocycles. The first-order valence-electron chi connectivity index (χ1n) is 7.84. The van der Waals surface area contributed by atoms with Gasteiger partial charge < -0.3 is 10.2 Å². The number of carbonyl (C=O) groups excluding carboxylic acids is 1. The van der Waals surface area contributed by atoms with Crippen LogP contribution in [0.2, 0.25) is 0 Å². The molecule has 0 aromatic heterocycles. The predicted molar refractivity (Wildman–Crippen MR) is 72.3 cm³/mol. The fourth-order valence-corrected chi connectivity index (χ4v) is 3.56. The fourth-order valence-electron chi connectivity index (χ4n) is 3.56. The Kier molecular flexibility index (Phi) is 3.88. The second-order valence-electron chi connectivity index (χ2n) is 6.53. The SMILES string of the molecule is O=C(NC1CCCN(CC2CCCC2)C1)C1CC1. The van der Waals surface area contributed by atoms with Crippen LogP contribution in [0.25, 0.3) is 0 Å². The van der Waals surface area contributed by atoms with Crippen molar-refractivity contribution in [2.24, 2.45) is 11.8 Å². The lowest BCUT2D eigenvalue weighted by Crippen LogP contribution is -2.49. The Morgan fingerprint density at radius 3 is 2.56 bits per heavy atom. The number of amides is 1. The Labute approximate surface area is 110 Å². The molecule has 18 heavy (non-hydrogen) atoms. The van der Waals surface area contributed by atoms with E-state index in [-0.39, 0.29) is 0 Å². The maximum absolute atomic E-state index is 11.8. The molecule has 1 aliphatic heterocycles. The Balaban J connectivity index is 1.43. The topological polar surface area (TPSA) is 32.3 Å². The highest BCUT2D eigenvalue weighted by molar-refractivity contribution is 5.81. The molecule has 102 valence electrons. The van der Waals surface area contributed by atoms with Gasteiger partial charge >= 0.3 is 0 Å². The van der Waals surface area contributed by atoms with Gasteiger partial charge in [0.05, 0.1) is 0 Å². The lowest BCUT2D eigenvalue weighted by Gasteiger charge is -2.34. The van der Waals surface area contributed by atoms with Crippen LogP contribution >= 0.6 is 0 Å². The van der Waals surface area contributed by atoms with Gasteiger partial charge in [-0.1, -0.05) is 12.8 Å². The van der Waals surface area contributed by atoms with Crippen molar-refractivity contribution in [3.05, 3.63) is 0 Å². The summed E-state index contributed by atoms with van der Waals surface area (Å²) in [5.41, 5.74) is 0. The zero-order chi connectivity index (χ0) is 12.4. The van der Waals surface area contributed by atoms with E-state index in [1.807, 2.05) is 0 Å². The molecule has 0 spiro atoms. The first-order chi connectivity index (χ1) is 8.81. The summed E-state index contributed by atoms with van der Waals surface area (Å²) in [7, 11) is 0. The lowest BCUT2D eigenvalue weighted by molar-refractivity contribution is -0.123. The number of hydrogen-bond acceptors (Lipinski definition) is 2.